The minimum Gasteiger partial charge on any atom is -0.390 e. The molecule has 0 unspecified atom stereocenters. The van der Waals surface area contributed by atoms with Crippen LogP contribution in [0, 0.1) is 5.92 Å². The molecule has 1 N–H and O–H groups in total. The molecule has 0 amide bonds. The fourth-order valence-corrected chi connectivity index (χ4v) is 3.49. The van der Waals surface area contributed by atoms with Gasteiger partial charge < -0.3 is 9.67 Å². The van der Waals surface area contributed by atoms with Crippen LogP contribution in [0.25, 0.3) is 11.2 Å². The molecule has 0 saturated heterocycles. The molecule has 7 nitrogen and oxygen atoms in total. The monoisotopic (exact) mass is 320 g/mol. The molecule has 126 valence electrons. The van der Waals surface area contributed by atoms with Crippen molar-refractivity contribution < 1.29 is 5.11 Å². The lowest BCUT2D eigenvalue weighted by atomic mass is 9.79. The molecule has 23 heavy (non-hydrogen) atoms. The number of rotatable bonds is 3. The third-order valence-corrected chi connectivity index (χ3v) is 5.14. The quantitative estimate of drug-likeness (QED) is 0.905. The number of hydrogen-bond donors (Lipinski definition) is 1. The van der Waals surface area contributed by atoms with E-state index in [-0.39, 0.29) is 11.2 Å². The first-order chi connectivity index (χ1) is 10.8. The predicted octanol–water partition coefficient (Wildman–Crippen LogP) is 0.765. The Kier molecular flexibility index (Phi) is 3.91. The van der Waals surface area contributed by atoms with E-state index in [1.165, 1.54) is 9.13 Å². The van der Waals surface area contributed by atoms with Crippen LogP contribution in [0.4, 0.5) is 0 Å². The van der Waals surface area contributed by atoms with E-state index in [2.05, 4.69) is 4.98 Å². The molecule has 2 heterocycles. The van der Waals surface area contributed by atoms with E-state index in [0.29, 0.717) is 23.6 Å². The van der Waals surface area contributed by atoms with Crippen molar-refractivity contribution in [3.63, 3.8) is 0 Å². The summed E-state index contributed by atoms with van der Waals surface area (Å²) in [6, 6.07) is 0. The summed E-state index contributed by atoms with van der Waals surface area (Å²) in [7, 11) is 3.40. The predicted molar refractivity (Wildman–Crippen MR) is 87.4 cm³/mol. The van der Waals surface area contributed by atoms with Crippen LogP contribution in [-0.4, -0.2) is 29.4 Å². The highest BCUT2D eigenvalue weighted by Crippen LogP contribution is 2.33. The minimum atomic E-state index is -0.558. The maximum Gasteiger partial charge on any atom is 0.332 e. The minimum absolute atomic E-state index is 0.272. The van der Waals surface area contributed by atoms with Crippen molar-refractivity contribution in [2.45, 2.75) is 51.2 Å². The second kappa shape index (κ2) is 5.63. The van der Waals surface area contributed by atoms with Crippen LogP contribution in [0.2, 0.25) is 0 Å². The Labute approximate surface area is 134 Å². The number of hydrogen-bond acceptors (Lipinski definition) is 4. The van der Waals surface area contributed by atoms with Gasteiger partial charge in [0.2, 0.25) is 0 Å². The van der Waals surface area contributed by atoms with Crippen molar-refractivity contribution in [3.05, 3.63) is 27.2 Å². The van der Waals surface area contributed by atoms with E-state index in [1.54, 1.807) is 25.0 Å². The fourth-order valence-electron chi connectivity index (χ4n) is 3.49. The average molecular weight is 320 g/mol. The zero-order chi connectivity index (χ0) is 16.8. The smallest absolute Gasteiger partial charge is 0.332 e. The zero-order valence-electron chi connectivity index (χ0n) is 13.9. The standard InChI is InChI=1S/C16H24N4O3/c1-16(23)7-4-11(5-8-16)6-9-20-14(21)12-13(17-10-18(12)2)19(3)15(20)22/h10-11,23H,4-9H2,1-3H3/t11-,16+. The maximum absolute atomic E-state index is 12.6. The van der Waals surface area contributed by atoms with E-state index in [0.717, 1.165) is 32.1 Å². The number of imidazole rings is 1. The summed E-state index contributed by atoms with van der Waals surface area (Å²) in [6.45, 7) is 2.29. The van der Waals surface area contributed by atoms with Gasteiger partial charge in [-0.1, -0.05) is 0 Å². The van der Waals surface area contributed by atoms with Crippen molar-refractivity contribution in [3.8, 4) is 0 Å². The Bertz CT molecular complexity index is 833. The maximum atomic E-state index is 12.6. The van der Waals surface area contributed by atoms with Crippen molar-refractivity contribution >= 4 is 11.2 Å². The van der Waals surface area contributed by atoms with Gasteiger partial charge in [-0.05, 0) is 44.9 Å². The molecule has 0 aromatic carbocycles. The molecular formula is C16H24N4O3. The summed E-state index contributed by atoms with van der Waals surface area (Å²) in [5, 5.41) is 10.0. The lowest BCUT2D eigenvalue weighted by Gasteiger charge is -2.33. The first-order valence-electron chi connectivity index (χ1n) is 8.13. The van der Waals surface area contributed by atoms with Crippen LogP contribution in [0.5, 0.6) is 0 Å². The van der Waals surface area contributed by atoms with Crippen molar-refractivity contribution in [1.29, 1.82) is 0 Å². The molecule has 0 radical (unpaired) electrons. The van der Waals surface area contributed by atoms with Crippen LogP contribution in [0.3, 0.4) is 0 Å². The Balaban J connectivity index is 1.85. The van der Waals surface area contributed by atoms with Crippen molar-refractivity contribution in [2.24, 2.45) is 20.0 Å². The van der Waals surface area contributed by atoms with Gasteiger partial charge in [-0.3, -0.25) is 13.9 Å². The molecule has 0 bridgehead atoms. The zero-order valence-corrected chi connectivity index (χ0v) is 13.9. The van der Waals surface area contributed by atoms with Gasteiger partial charge in [0.1, 0.15) is 0 Å². The SMILES string of the molecule is Cn1cnc2c1c(=O)n(CC[C@H]1CC[C@@](C)(O)CC1)c(=O)n2C. The normalized spacial score (nSPS) is 25.1. The van der Waals surface area contributed by atoms with Crippen LogP contribution in [0.15, 0.2) is 15.9 Å². The molecule has 1 aliphatic carbocycles. The molecule has 2 aromatic rings. The highest BCUT2D eigenvalue weighted by molar-refractivity contribution is 5.69. The van der Waals surface area contributed by atoms with Gasteiger partial charge in [-0.15, -0.1) is 0 Å². The summed E-state index contributed by atoms with van der Waals surface area (Å²) >= 11 is 0. The van der Waals surface area contributed by atoms with E-state index in [9.17, 15) is 14.7 Å². The van der Waals surface area contributed by atoms with Crippen LogP contribution >= 0.6 is 0 Å². The lowest BCUT2D eigenvalue weighted by molar-refractivity contribution is 0.00636. The molecule has 2 aromatic heterocycles. The second-order valence-electron chi connectivity index (χ2n) is 7.06. The summed E-state index contributed by atoms with van der Waals surface area (Å²) in [5.41, 5.74) is -0.266. The Morgan fingerprint density at radius 3 is 2.61 bits per heavy atom. The van der Waals surface area contributed by atoms with Crippen molar-refractivity contribution in [2.75, 3.05) is 0 Å². The van der Waals surface area contributed by atoms with Crippen LogP contribution in [-0.2, 0) is 20.6 Å². The lowest BCUT2D eigenvalue weighted by Crippen LogP contribution is -2.40. The molecule has 0 aliphatic heterocycles. The second-order valence-corrected chi connectivity index (χ2v) is 7.06. The summed E-state index contributed by atoms with van der Waals surface area (Å²) in [6.07, 6.45) is 5.79. The molecule has 1 saturated carbocycles. The summed E-state index contributed by atoms with van der Waals surface area (Å²) < 4.78 is 4.41. The van der Waals surface area contributed by atoms with Gasteiger partial charge in [0.25, 0.3) is 5.56 Å². The van der Waals surface area contributed by atoms with Crippen molar-refractivity contribution in [1.82, 2.24) is 18.7 Å². The van der Waals surface area contributed by atoms with Gasteiger partial charge in [0.05, 0.1) is 11.9 Å². The molecular weight excluding hydrogens is 296 g/mol. The third-order valence-electron chi connectivity index (χ3n) is 5.14. The number of aromatic nitrogens is 4. The van der Waals surface area contributed by atoms with E-state index in [4.69, 9.17) is 0 Å². The molecule has 0 spiro atoms. The van der Waals surface area contributed by atoms with Gasteiger partial charge in [0.15, 0.2) is 11.2 Å². The van der Waals surface area contributed by atoms with E-state index in [1.807, 2.05) is 6.92 Å². The van der Waals surface area contributed by atoms with Gasteiger partial charge in [-0.25, -0.2) is 9.78 Å². The fraction of sp³-hybridized carbons (Fsp3) is 0.688. The van der Waals surface area contributed by atoms with Gasteiger partial charge in [-0.2, -0.15) is 0 Å². The third kappa shape index (κ3) is 2.85. The Morgan fingerprint density at radius 1 is 1.30 bits per heavy atom. The Hall–Kier alpha value is -1.89. The van der Waals surface area contributed by atoms with Gasteiger partial charge >= 0.3 is 5.69 Å². The molecule has 1 fully saturated rings. The molecule has 1 aliphatic rings. The molecule has 3 rings (SSSR count). The number of nitrogens with zero attached hydrogens (tertiary/aromatic N) is 4. The number of fused-ring (bicyclic) bond motifs is 1. The van der Waals surface area contributed by atoms with Crippen LogP contribution < -0.4 is 11.2 Å². The number of aliphatic hydroxyl groups is 1. The Morgan fingerprint density at radius 2 is 1.96 bits per heavy atom. The van der Waals surface area contributed by atoms with E-state index < -0.39 is 5.60 Å². The first-order valence-corrected chi connectivity index (χ1v) is 8.13. The first kappa shape index (κ1) is 16.0. The average Bonchev–Trinajstić information content (AvgIpc) is 2.88. The van der Waals surface area contributed by atoms with E-state index >= 15 is 0 Å². The highest BCUT2D eigenvalue weighted by Gasteiger charge is 2.28. The number of aryl methyl sites for hydroxylation is 2. The summed E-state index contributed by atoms with van der Waals surface area (Å²) in [5.74, 6) is 0.453. The summed E-state index contributed by atoms with van der Waals surface area (Å²) in [4.78, 5) is 29.2. The largest absolute Gasteiger partial charge is 0.390 e. The molecule has 7 heteroatoms. The van der Waals surface area contributed by atoms with Gasteiger partial charge in [0, 0.05) is 20.6 Å². The highest BCUT2D eigenvalue weighted by atomic mass is 16.3. The topological polar surface area (TPSA) is 82.1 Å². The molecule has 0 atom stereocenters. The van der Waals surface area contributed by atoms with Crippen LogP contribution in [0.1, 0.15) is 39.0 Å².